The molecule has 0 saturated heterocycles. The van der Waals surface area contributed by atoms with Gasteiger partial charge in [-0.1, -0.05) is 272 Å². The highest BCUT2D eigenvalue weighted by Gasteiger charge is 2.19. The van der Waals surface area contributed by atoms with Gasteiger partial charge in [-0.3, -0.25) is 14.4 Å². The van der Waals surface area contributed by atoms with Crippen molar-refractivity contribution < 1.29 is 28.6 Å². The Morgan fingerprint density at radius 2 is 0.506 bits per heavy atom. The van der Waals surface area contributed by atoms with Gasteiger partial charge in [-0.2, -0.15) is 0 Å². The molecule has 0 bridgehead atoms. The molecule has 0 aliphatic rings. The van der Waals surface area contributed by atoms with Gasteiger partial charge in [0.25, 0.3) is 0 Å². The van der Waals surface area contributed by atoms with E-state index in [-0.39, 0.29) is 31.1 Å². The van der Waals surface area contributed by atoms with E-state index in [2.05, 4.69) is 118 Å². The molecule has 0 aliphatic carbocycles. The van der Waals surface area contributed by atoms with Crippen molar-refractivity contribution in [1.82, 2.24) is 0 Å². The van der Waals surface area contributed by atoms with Gasteiger partial charge in [0.1, 0.15) is 13.2 Å². The molecule has 0 heterocycles. The second kappa shape index (κ2) is 64.9. The van der Waals surface area contributed by atoms with Gasteiger partial charge < -0.3 is 14.2 Å². The van der Waals surface area contributed by atoms with Crippen molar-refractivity contribution in [2.75, 3.05) is 13.2 Å². The maximum absolute atomic E-state index is 12.9. The Labute approximate surface area is 477 Å². The van der Waals surface area contributed by atoms with Crippen molar-refractivity contribution in [3.63, 3.8) is 0 Å². The fraction of sp³-hybridized carbons (Fsp3) is 0.732. The van der Waals surface area contributed by atoms with Gasteiger partial charge in [0.2, 0.25) is 0 Å². The van der Waals surface area contributed by atoms with E-state index < -0.39 is 6.10 Å². The second-order valence-electron chi connectivity index (χ2n) is 21.6. The van der Waals surface area contributed by atoms with Gasteiger partial charge in [0.05, 0.1) is 0 Å². The third-order valence-corrected chi connectivity index (χ3v) is 14.0. The summed E-state index contributed by atoms with van der Waals surface area (Å²) in [7, 11) is 0. The van der Waals surface area contributed by atoms with Gasteiger partial charge in [0, 0.05) is 19.3 Å². The average Bonchev–Trinajstić information content (AvgIpc) is 3.43. The molecule has 0 saturated carbocycles. The van der Waals surface area contributed by atoms with E-state index in [1.54, 1.807) is 0 Å². The molecule has 0 radical (unpaired) electrons. The minimum Gasteiger partial charge on any atom is -0.462 e. The molecule has 1 atom stereocenters. The lowest BCUT2D eigenvalue weighted by atomic mass is 10.0. The molecule has 0 aromatic rings. The van der Waals surface area contributed by atoms with Crippen LogP contribution in [0.5, 0.6) is 0 Å². The molecule has 0 aromatic heterocycles. The van der Waals surface area contributed by atoms with Gasteiger partial charge in [-0.05, 0) is 122 Å². The minimum atomic E-state index is -0.792. The molecular formula is C71H122O6. The van der Waals surface area contributed by atoms with Crippen LogP contribution < -0.4 is 0 Å². The third kappa shape index (κ3) is 63.0. The van der Waals surface area contributed by atoms with Crippen molar-refractivity contribution >= 4 is 17.9 Å². The topological polar surface area (TPSA) is 78.9 Å². The second-order valence-corrected chi connectivity index (χ2v) is 21.6. The fourth-order valence-corrected chi connectivity index (χ4v) is 9.14. The highest BCUT2D eigenvalue weighted by Crippen LogP contribution is 2.16. The number of rotatable bonds is 59. The number of unbranched alkanes of at least 4 members (excludes halogenated alkanes) is 32. The molecule has 6 nitrogen and oxygen atoms in total. The third-order valence-electron chi connectivity index (χ3n) is 14.0. The molecule has 0 amide bonds. The fourth-order valence-electron chi connectivity index (χ4n) is 9.14. The standard InChI is InChI=1S/C71H122O6/c1-4-7-10-13-16-19-22-25-28-31-32-33-34-35-36-37-38-39-40-41-44-46-49-52-55-58-61-64-70(73)76-67-68(77-71(74)65-62-59-56-53-50-47-43-30-27-24-21-18-15-12-9-6-3)66-75-69(72)63-60-57-54-51-48-45-42-29-26-23-20-17-14-11-8-5-2/h7,10,16,19-21,23-25,28-30,32-33,42-43,68H,4-6,8-9,11-15,17-18,22,26-27,31,34-41,44-67H2,1-3H3/b10-7-,19-16-,23-20-,24-21-,28-25-,33-32-,42-29-,43-30-. The first-order valence-electron chi connectivity index (χ1n) is 32.7. The largest absolute Gasteiger partial charge is 0.462 e. The zero-order valence-corrected chi connectivity index (χ0v) is 50.7. The lowest BCUT2D eigenvalue weighted by Gasteiger charge is -2.18. The summed E-state index contributed by atoms with van der Waals surface area (Å²) >= 11 is 0. The predicted octanol–water partition coefficient (Wildman–Crippen LogP) is 22.4. The summed E-state index contributed by atoms with van der Waals surface area (Å²) in [6, 6.07) is 0. The predicted molar refractivity (Wildman–Crippen MR) is 334 cm³/mol. The Morgan fingerprint density at radius 1 is 0.273 bits per heavy atom. The zero-order chi connectivity index (χ0) is 55.7. The van der Waals surface area contributed by atoms with Crippen LogP contribution >= 0.6 is 0 Å². The number of ether oxygens (including phenoxy) is 3. The first-order chi connectivity index (χ1) is 38.0. The molecule has 0 aromatic carbocycles. The Morgan fingerprint density at radius 3 is 0.792 bits per heavy atom. The molecule has 6 heteroatoms. The molecule has 0 fully saturated rings. The van der Waals surface area contributed by atoms with Gasteiger partial charge in [0.15, 0.2) is 6.10 Å². The summed E-state index contributed by atoms with van der Waals surface area (Å²) in [6.45, 7) is 6.50. The van der Waals surface area contributed by atoms with E-state index >= 15 is 0 Å². The van der Waals surface area contributed by atoms with E-state index in [9.17, 15) is 14.4 Å². The van der Waals surface area contributed by atoms with Crippen LogP contribution in [-0.2, 0) is 28.6 Å². The maximum atomic E-state index is 12.9. The monoisotopic (exact) mass is 1070 g/mol. The SMILES string of the molecule is CC/C=C\C/C=C\C/C=C\C/C=C\CCCCCCCCCCCCCCCCC(=O)OCC(COC(=O)CCCCCCC/C=C\C/C=C\CCCCCC)OC(=O)CCCCCCC/C=C\C/C=C\CCCCCC. The van der Waals surface area contributed by atoms with Crippen LogP contribution in [0.25, 0.3) is 0 Å². The summed E-state index contributed by atoms with van der Waals surface area (Å²) in [4.78, 5) is 38.3. The Hall–Kier alpha value is -3.67. The van der Waals surface area contributed by atoms with Gasteiger partial charge in [-0.15, -0.1) is 0 Å². The van der Waals surface area contributed by atoms with Crippen LogP contribution in [0.4, 0.5) is 0 Å². The summed E-state index contributed by atoms with van der Waals surface area (Å²) in [6.07, 6.45) is 87.0. The van der Waals surface area contributed by atoms with Crippen LogP contribution in [0.3, 0.4) is 0 Å². The van der Waals surface area contributed by atoms with Crippen LogP contribution in [0.1, 0.15) is 316 Å². The van der Waals surface area contributed by atoms with Crippen LogP contribution in [0.15, 0.2) is 97.2 Å². The van der Waals surface area contributed by atoms with E-state index in [0.29, 0.717) is 19.3 Å². The van der Waals surface area contributed by atoms with Crippen molar-refractivity contribution in [2.45, 2.75) is 322 Å². The molecule has 77 heavy (non-hydrogen) atoms. The number of carbonyl (C=O) groups is 3. The minimum absolute atomic E-state index is 0.0867. The molecule has 0 rings (SSSR count). The molecule has 0 aliphatic heterocycles. The number of carbonyl (C=O) groups excluding carboxylic acids is 3. The molecule has 1 unspecified atom stereocenters. The first-order valence-corrected chi connectivity index (χ1v) is 32.7. The highest BCUT2D eigenvalue weighted by molar-refractivity contribution is 5.71. The molecule has 442 valence electrons. The average molecular weight is 1070 g/mol. The lowest BCUT2D eigenvalue weighted by molar-refractivity contribution is -0.167. The quantitative estimate of drug-likeness (QED) is 0.0261. The van der Waals surface area contributed by atoms with Crippen LogP contribution in [-0.4, -0.2) is 37.2 Å². The van der Waals surface area contributed by atoms with E-state index in [1.165, 1.54) is 148 Å². The van der Waals surface area contributed by atoms with E-state index in [4.69, 9.17) is 14.2 Å². The van der Waals surface area contributed by atoms with Gasteiger partial charge in [-0.25, -0.2) is 0 Å². The Bertz CT molecular complexity index is 1510. The van der Waals surface area contributed by atoms with Crippen LogP contribution in [0, 0.1) is 0 Å². The Kier molecular flexibility index (Phi) is 61.8. The van der Waals surface area contributed by atoms with Crippen LogP contribution in [0.2, 0.25) is 0 Å². The number of hydrogen-bond acceptors (Lipinski definition) is 6. The Balaban J connectivity index is 4.32. The lowest BCUT2D eigenvalue weighted by Crippen LogP contribution is -2.30. The highest BCUT2D eigenvalue weighted by atomic mass is 16.6. The van der Waals surface area contributed by atoms with Crippen molar-refractivity contribution in [3.8, 4) is 0 Å². The summed E-state index contributed by atoms with van der Waals surface area (Å²) in [5.41, 5.74) is 0. The number of hydrogen-bond donors (Lipinski definition) is 0. The molecular weight excluding hydrogens is 949 g/mol. The number of esters is 3. The summed E-state index contributed by atoms with van der Waals surface area (Å²) in [5, 5.41) is 0. The van der Waals surface area contributed by atoms with Crippen molar-refractivity contribution in [1.29, 1.82) is 0 Å². The van der Waals surface area contributed by atoms with E-state index in [1.807, 2.05) is 0 Å². The number of allylic oxidation sites excluding steroid dienone is 16. The summed E-state index contributed by atoms with van der Waals surface area (Å²) < 4.78 is 16.9. The molecule has 0 N–H and O–H groups in total. The smallest absolute Gasteiger partial charge is 0.306 e. The normalized spacial score (nSPS) is 12.7. The maximum Gasteiger partial charge on any atom is 0.306 e. The van der Waals surface area contributed by atoms with Gasteiger partial charge >= 0.3 is 17.9 Å². The molecule has 0 spiro atoms. The van der Waals surface area contributed by atoms with Crippen molar-refractivity contribution in [2.24, 2.45) is 0 Å². The first kappa shape index (κ1) is 73.3. The van der Waals surface area contributed by atoms with E-state index in [0.717, 1.165) is 128 Å². The van der Waals surface area contributed by atoms with Crippen molar-refractivity contribution in [3.05, 3.63) is 97.2 Å². The zero-order valence-electron chi connectivity index (χ0n) is 50.7. The summed E-state index contributed by atoms with van der Waals surface area (Å²) in [5.74, 6) is -0.904.